The van der Waals surface area contributed by atoms with Gasteiger partial charge < -0.3 is 9.80 Å². The van der Waals surface area contributed by atoms with Gasteiger partial charge in [-0.1, -0.05) is 18.5 Å². The summed E-state index contributed by atoms with van der Waals surface area (Å²) in [7, 11) is 0. The molecule has 0 bridgehead atoms. The predicted octanol–water partition coefficient (Wildman–Crippen LogP) is 2.12. The minimum absolute atomic E-state index is 0.104. The molecule has 19 heavy (non-hydrogen) atoms. The molecule has 0 spiro atoms. The molecule has 7 heteroatoms. The molecular formula is C12H15ClN4OS. The lowest BCUT2D eigenvalue weighted by molar-refractivity contribution is -0.129. The van der Waals surface area contributed by atoms with Crippen LogP contribution in [-0.4, -0.2) is 41.4 Å². The fourth-order valence-electron chi connectivity index (χ4n) is 2.17. The number of amides is 1. The average Bonchev–Trinajstić information content (AvgIpc) is 2.67. The number of rotatable bonds is 3. The van der Waals surface area contributed by atoms with Crippen LogP contribution in [0.15, 0.2) is 0 Å². The van der Waals surface area contributed by atoms with Crippen molar-refractivity contribution in [2.75, 3.05) is 31.1 Å². The number of hydrogen-bond donors (Lipinski definition) is 0. The summed E-state index contributed by atoms with van der Waals surface area (Å²) in [5.74, 6) is 0.104. The Bertz CT molecular complexity index is 510. The summed E-state index contributed by atoms with van der Waals surface area (Å²) in [4.78, 5) is 15.9. The molecule has 1 aromatic rings. The maximum atomic E-state index is 12.1. The maximum absolute atomic E-state index is 12.1. The molecule has 1 aliphatic heterocycles. The molecule has 0 aliphatic carbocycles. The van der Waals surface area contributed by atoms with Crippen molar-refractivity contribution in [2.45, 2.75) is 19.8 Å². The van der Waals surface area contributed by atoms with Crippen LogP contribution in [0, 0.1) is 11.3 Å². The molecule has 1 aromatic heterocycles. The number of hydrogen-bond acceptors (Lipinski definition) is 5. The van der Waals surface area contributed by atoms with Gasteiger partial charge in [0, 0.05) is 19.6 Å². The zero-order valence-corrected chi connectivity index (χ0v) is 12.3. The molecule has 1 saturated heterocycles. The summed E-state index contributed by atoms with van der Waals surface area (Å²) in [6.07, 6.45) is 1.85. The van der Waals surface area contributed by atoms with E-state index in [0.717, 1.165) is 32.5 Å². The van der Waals surface area contributed by atoms with Gasteiger partial charge in [-0.15, -0.1) is 0 Å². The second-order valence-corrected chi connectivity index (χ2v) is 5.53. The Hall–Kier alpha value is -1.32. The average molecular weight is 299 g/mol. The van der Waals surface area contributed by atoms with E-state index in [9.17, 15) is 4.79 Å². The fourth-order valence-corrected chi connectivity index (χ4v) is 3.23. The van der Waals surface area contributed by atoms with Crippen molar-refractivity contribution in [1.29, 1.82) is 5.26 Å². The first-order valence-electron chi connectivity index (χ1n) is 6.25. The lowest BCUT2D eigenvalue weighted by atomic mass is 10.3. The van der Waals surface area contributed by atoms with Gasteiger partial charge in [0.25, 0.3) is 0 Å². The highest BCUT2D eigenvalue weighted by Gasteiger charge is 2.25. The first-order chi connectivity index (χ1) is 9.17. The lowest BCUT2D eigenvalue weighted by Crippen LogP contribution is -2.37. The van der Waals surface area contributed by atoms with E-state index in [1.54, 1.807) is 0 Å². The van der Waals surface area contributed by atoms with E-state index >= 15 is 0 Å². The van der Waals surface area contributed by atoms with Crippen molar-refractivity contribution < 1.29 is 4.79 Å². The SMILES string of the molecule is CCCN1CCCN(c2snc(Cl)c2C#N)CC1=O. The number of nitriles is 1. The van der Waals surface area contributed by atoms with Crippen LogP contribution in [-0.2, 0) is 4.79 Å². The smallest absolute Gasteiger partial charge is 0.242 e. The summed E-state index contributed by atoms with van der Waals surface area (Å²) in [5.41, 5.74) is 0.378. The molecule has 1 amide bonds. The van der Waals surface area contributed by atoms with Gasteiger partial charge in [-0.25, -0.2) is 0 Å². The van der Waals surface area contributed by atoms with Crippen LogP contribution in [0.3, 0.4) is 0 Å². The molecular weight excluding hydrogens is 284 g/mol. The molecule has 102 valence electrons. The van der Waals surface area contributed by atoms with Gasteiger partial charge in [-0.2, -0.15) is 9.64 Å². The van der Waals surface area contributed by atoms with E-state index in [-0.39, 0.29) is 11.1 Å². The van der Waals surface area contributed by atoms with E-state index < -0.39 is 0 Å². The van der Waals surface area contributed by atoms with E-state index in [1.165, 1.54) is 11.5 Å². The highest BCUT2D eigenvalue weighted by atomic mass is 35.5. The standard InChI is InChI=1S/C12H15ClN4OS/c1-2-4-16-5-3-6-17(8-10(16)18)12-9(7-14)11(13)15-19-12/h2-6,8H2,1H3. The zero-order valence-electron chi connectivity index (χ0n) is 10.7. The van der Waals surface area contributed by atoms with Gasteiger partial charge in [0.05, 0.1) is 6.54 Å². The first-order valence-corrected chi connectivity index (χ1v) is 7.40. The molecule has 1 fully saturated rings. The van der Waals surface area contributed by atoms with Crippen LogP contribution < -0.4 is 4.90 Å². The Morgan fingerprint density at radius 2 is 2.32 bits per heavy atom. The van der Waals surface area contributed by atoms with Gasteiger partial charge in [0.15, 0.2) is 5.15 Å². The Kier molecular flexibility index (Phi) is 4.61. The highest BCUT2D eigenvalue weighted by molar-refractivity contribution is 7.10. The largest absolute Gasteiger partial charge is 0.352 e. The second kappa shape index (κ2) is 6.22. The molecule has 0 N–H and O–H groups in total. The maximum Gasteiger partial charge on any atom is 0.242 e. The Labute approximate surface area is 121 Å². The predicted molar refractivity (Wildman–Crippen MR) is 75.5 cm³/mol. The summed E-state index contributed by atoms with van der Waals surface area (Å²) in [6, 6.07) is 2.06. The van der Waals surface area contributed by atoms with Crippen LogP contribution in [0.4, 0.5) is 5.00 Å². The van der Waals surface area contributed by atoms with Gasteiger partial charge in [-0.3, -0.25) is 4.79 Å². The zero-order chi connectivity index (χ0) is 13.8. The number of carbonyl (C=O) groups is 1. The van der Waals surface area contributed by atoms with Crippen molar-refractivity contribution in [2.24, 2.45) is 0 Å². The molecule has 2 rings (SSSR count). The Morgan fingerprint density at radius 1 is 1.53 bits per heavy atom. The van der Waals surface area contributed by atoms with Crippen molar-refractivity contribution >= 4 is 34.0 Å². The minimum Gasteiger partial charge on any atom is -0.352 e. The molecule has 0 radical (unpaired) electrons. The fraction of sp³-hybridized carbons (Fsp3) is 0.583. The molecule has 0 saturated carbocycles. The van der Waals surface area contributed by atoms with Gasteiger partial charge in [0.1, 0.15) is 16.6 Å². The van der Waals surface area contributed by atoms with Crippen molar-refractivity contribution in [3.8, 4) is 6.07 Å². The van der Waals surface area contributed by atoms with E-state index in [4.69, 9.17) is 16.9 Å². The van der Waals surface area contributed by atoms with Crippen LogP contribution >= 0.6 is 23.1 Å². The number of anilines is 1. The number of carbonyl (C=O) groups excluding carboxylic acids is 1. The molecule has 0 unspecified atom stereocenters. The number of aromatic nitrogens is 1. The topological polar surface area (TPSA) is 60.2 Å². The monoisotopic (exact) mass is 298 g/mol. The van der Waals surface area contributed by atoms with Gasteiger partial charge >= 0.3 is 0 Å². The molecule has 5 nitrogen and oxygen atoms in total. The van der Waals surface area contributed by atoms with Crippen LogP contribution in [0.2, 0.25) is 5.15 Å². The van der Waals surface area contributed by atoms with Crippen LogP contribution in [0.5, 0.6) is 0 Å². The van der Waals surface area contributed by atoms with E-state index in [0.29, 0.717) is 17.1 Å². The van der Waals surface area contributed by atoms with Crippen molar-refractivity contribution in [1.82, 2.24) is 9.27 Å². The van der Waals surface area contributed by atoms with Gasteiger partial charge in [0.2, 0.25) is 5.91 Å². The molecule has 1 aliphatic rings. The summed E-state index contributed by atoms with van der Waals surface area (Å²) in [6.45, 7) is 4.68. The summed E-state index contributed by atoms with van der Waals surface area (Å²) < 4.78 is 3.99. The van der Waals surface area contributed by atoms with E-state index in [1.807, 2.05) is 9.80 Å². The second-order valence-electron chi connectivity index (χ2n) is 4.42. The molecule has 0 atom stereocenters. The quantitative estimate of drug-likeness (QED) is 0.857. The number of halogens is 1. The van der Waals surface area contributed by atoms with Crippen LogP contribution in [0.1, 0.15) is 25.3 Å². The summed E-state index contributed by atoms with van der Waals surface area (Å²) >= 11 is 7.06. The Morgan fingerprint density at radius 3 is 3.00 bits per heavy atom. The third kappa shape index (κ3) is 2.99. The third-order valence-electron chi connectivity index (χ3n) is 3.06. The lowest BCUT2D eigenvalue weighted by Gasteiger charge is -2.21. The van der Waals surface area contributed by atoms with Crippen molar-refractivity contribution in [3.05, 3.63) is 10.7 Å². The minimum atomic E-state index is 0.104. The van der Waals surface area contributed by atoms with Gasteiger partial charge in [-0.05, 0) is 24.4 Å². The highest BCUT2D eigenvalue weighted by Crippen LogP contribution is 2.31. The van der Waals surface area contributed by atoms with Crippen molar-refractivity contribution in [3.63, 3.8) is 0 Å². The van der Waals surface area contributed by atoms with Crippen LogP contribution in [0.25, 0.3) is 0 Å². The summed E-state index contributed by atoms with van der Waals surface area (Å²) in [5, 5.41) is 10.0. The first kappa shape index (κ1) is 14.1. The van der Waals surface area contributed by atoms with E-state index in [2.05, 4.69) is 17.4 Å². The number of nitrogens with zero attached hydrogens (tertiary/aromatic N) is 4. The Balaban J connectivity index is 2.18. The molecule has 2 heterocycles. The third-order valence-corrected chi connectivity index (χ3v) is 4.34. The molecule has 0 aromatic carbocycles. The normalized spacial score (nSPS) is 16.4.